The van der Waals surface area contributed by atoms with Gasteiger partial charge in [0, 0.05) is 0 Å². The number of hydrogen-bond donors (Lipinski definition) is 2. The van der Waals surface area contributed by atoms with Gasteiger partial charge in [-0.1, -0.05) is 52.6 Å². The van der Waals surface area contributed by atoms with E-state index in [9.17, 15) is 9.59 Å². The fraction of sp³-hybridized carbons (Fsp3) is 0.778. The van der Waals surface area contributed by atoms with Gasteiger partial charge in [0.15, 0.2) is 0 Å². The van der Waals surface area contributed by atoms with Gasteiger partial charge in [-0.05, 0) is 31.7 Å². The molecule has 0 aliphatic heterocycles. The van der Waals surface area contributed by atoms with Crippen LogP contribution in [0.3, 0.4) is 0 Å². The third kappa shape index (κ3) is 9.53. The Balaban J connectivity index is 5.13. The standard InChI is InChI=1S/C18H36N2O4Si/c1-13(10-11-25(8,9)18(5,6)7)14(12-23-15(19)21)20-16(22)24-17(2,3)4/h10-11,13-14H,12H2,1-9H3,(H2,19,21)(H,20,22). The Bertz CT molecular complexity index is 490. The van der Waals surface area contributed by atoms with E-state index in [0.29, 0.717) is 0 Å². The van der Waals surface area contributed by atoms with Crippen molar-refractivity contribution in [2.45, 2.75) is 78.2 Å². The van der Waals surface area contributed by atoms with Crippen molar-refractivity contribution in [3.8, 4) is 0 Å². The molecule has 2 amide bonds. The van der Waals surface area contributed by atoms with Crippen LogP contribution in [0.25, 0.3) is 0 Å². The van der Waals surface area contributed by atoms with E-state index >= 15 is 0 Å². The van der Waals surface area contributed by atoms with Crippen LogP contribution in [0, 0.1) is 5.92 Å². The van der Waals surface area contributed by atoms with Crippen LogP contribution in [-0.2, 0) is 9.47 Å². The van der Waals surface area contributed by atoms with E-state index < -0.39 is 31.9 Å². The number of rotatable bonds is 6. The van der Waals surface area contributed by atoms with Crippen LogP contribution in [0.5, 0.6) is 0 Å². The molecule has 0 aliphatic carbocycles. The van der Waals surface area contributed by atoms with E-state index in [1.807, 2.05) is 6.92 Å². The summed E-state index contributed by atoms with van der Waals surface area (Å²) >= 11 is 0. The van der Waals surface area contributed by atoms with Crippen LogP contribution in [-0.4, -0.2) is 38.5 Å². The van der Waals surface area contributed by atoms with Gasteiger partial charge in [0.2, 0.25) is 0 Å². The highest BCUT2D eigenvalue weighted by molar-refractivity contribution is 6.84. The predicted molar refractivity (Wildman–Crippen MR) is 104 cm³/mol. The van der Waals surface area contributed by atoms with Gasteiger partial charge in [0.05, 0.1) is 14.1 Å². The number of carbonyl (C=O) groups excluding carboxylic acids is 2. The Hall–Kier alpha value is -1.50. The predicted octanol–water partition coefficient (Wildman–Crippen LogP) is 4.22. The molecule has 0 bridgehead atoms. The molecule has 3 N–H and O–H groups in total. The van der Waals surface area contributed by atoms with Crippen LogP contribution in [0.15, 0.2) is 11.8 Å². The fourth-order valence-corrected chi connectivity index (χ4v) is 3.02. The zero-order valence-corrected chi connectivity index (χ0v) is 18.2. The Morgan fingerprint density at radius 3 is 2.08 bits per heavy atom. The van der Waals surface area contributed by atoms with E-state index in [-0.39, 0.29) is 17.6 Å². The minimum Gasteiger partial charge on any atom is -0.448 e. The molecule has 2 atom stereocenters. The van der Waals surface area contributed by atoms with Crippen molar-refractivity contribution < 1.29 is 19.1 Å². The summed E-state index contributed by atoms with van der Waals surface area (Å²) in [6.07, 6.45) is 0.679. The quantitative estimate of drug-likeness (QED) is 0.683. The summed E-state index contributed by atoms with van der Waals surface area (Å²) in [6.45, 7) is 18.7. The van der Waals surface area contributed by atoms with Crippen molar-refractivity contribution in [2.75, 3.05) is 6.61 Å². The van der Waals surface area contributed by atoms with Gasteiger partial charge in [0.25, 0.3) is 0 Å². The van der Waals surface area contributed by atoms with Crippen molar-refractivity contribution in [3.63, 3.8) is 0 Å². The zero-order valence-electron chi connectivity index (χ0n) is 17.2. The summed E-state index contributed by atoms with van der Waals surface area (Å²) in [5.41, 5.74) is 6.73. The van der Waals surface area contributed by atoms with Crippen LogP contribution in [0.2, 0.25) is 18.1 Å². The number of nitrogens with two attached hydrogens (primary N) is 1. The fourth-order valence-electron chi connectivity index (χ4n) is 1.73. The van der Waals surface area contributed by atoms with Gasteiger partial charge in [0.1, 0.15) is 12.2 Å². The summed E-state index contributed by atoms with van der Waals surface area (Å²) in [6, 6.07) is -0.414. The SMILES string of the molecule is CC(C=C[Si](C)(C)C(C)(C)C)C(COC(N)=O)NC(=O)OC(C)(C)C. The highest BCUT2D eigenvalue weighted by Crippen LogP contribution is 2.36. The monoisotopic (exact) mass is 372 g/mol. The molecule has 0 aromatic rings. The van der Waals surface area contributed by atoms with Gasteiger partial charge in [-0.3, -0.25) is 0 Å². The second-order valence-electron chi connectivity index (χ2n) is 9.07. The second-order valence-corrected chi connectivity index (χ2v) is 14.3. The number of hydrogen-bond acceptors (Lipinski definition) is 4. The molecule has 7 heteroatoms. The van der Waals surface area contributed by atoms with Crippen LogP contribution in [0.1, 0.15) is 48.5 Å². The van der Waals surface area contributed by atoms with E-state index in [4.69, 9.17) is 15.2 Å². The van der Waals surface area contributed by atoms with E-state index in [1.165, 1.54) is 0 Å². The number of carbonyl (C=O) groups is 2. The number of alkyl carbamates (subject to hydrolysis) is 1. The molecule has 0 aromatic carbocycles. The maximum atomic E-state index is 12.1. The van der Waals surface area contributed by atoms with Gasteiger partial charge >= 0.3 is 12.2 Å². The average Bonchev–Trinajstić information content (AvgIpc) is 2.37. The Labute approximate surface area is 153 Å². The first-order chi connectivity index (χ1) is 11.0. The molecule has 0 rings (SSSR count). The molecule has 146 valence electrons. The second kappa shape index (κ2) is 8.74. The molecule has 2 unspecified atom stereocenters. The molecule has 0 fully saturated rings. The number of primary amides is 1. The molecule has 25 heavy (non-hydrogen) atoms. The van der Waals surface area contributed by atoms with Gasteiger partial charge < -0.3 is 20.5 Å². The summed E-state index contributed by atoms with van der Waals surface area (Å²) in [5, 5.41) is 3.00. The minimum absolute atomic E-state index is 0.00240. The van der Waals surface area contributed by atoms with E-state index in [0.717, 1.165) is 0 Å². The van der Waals surface area contributed by atoms with Crippen molar-refractivity contribution in [3.05, 3.63) is 11.8 Å². The van der Waals surface area contributed by atoms with Gasteiger partial charge in [-0.15, -0.1) is 0 Å². The van der Waals surface area contributed by atoms with Crippen LogP contribution >= 0.6 is 0 Å². The minimum atomic E-state index is -1.59. The first kappa shape index (κ1) is 23.5. The largest absolute Gasteiger partial charge is 0.448 e. The third-order valence-electron chi connectivity index (χ3n) is 4.49. The molecule has 0 aromatic heterocycles. The van der Waals surface area contributed by atoms with Gasteiger partial charge in [-0.25, -0.2) is 9.59 Å². The lowest BCUT2D eigenvalue weighted by Crippen LogP contribution is -2.45. The molecule has 0 radical (unpaired) electrons. The highest BCUT2D eigenvalue weighted by atomic mass is 28.3. The third-order valence-corrected chi connectivity index (χ3v) is 9.38. The van der Waals surface area contributed by atoms with Crippen molar-refractivity contribution in [1.82, 2.24) is 5.32 Å². The van der Waals surface area contributed by atoms with Crippen molar-refractivity contribution in [2.24, 2.45) is 11.7 Å². The molecule has 6 nitrogen and oxygen atoms in total. The lowest BCUT2D eigenvalue weighted by Gasteiger charge is -2.34. The average molecular weight is 373 g/mol. The van der Waals surface area contributed by atoms with Gasteiger partial charge in [-0.2, -0.15) is 0 Å². The maximum Gasteiger partial charge on any atom is 0.408 e. The smallest absolute Gasteiger partial charge is 0.408 e. The Morgan fingerprint density at radius 2 is 1.68 bits per heavy atom. The normalized spacial score (nSPS) is 15.6. The lowest BCUT2D eigenvalue weighted by atomic mass is 10.0. The lowest BCUT2D eigenvalue weighted by molar-refractivity contribution is 0.0457. The highest BCUT2D eigenvalue weighted by Gasteiger charge is 2.33. The van der Waals surface area contributed by atoms with Crippen LogP contribution in [0.4, 0.5) is 9.59 Å². The van der Waals surface area contributed by atoms with Crippen molar-refractivity contribution in [1.29, 1.82) is 0 Å². The summed E-state index contributed by atoms with van der Waals surface area (Å²) in [5.74, 6) is -0.0407. The Kier molecular flexibility index (Phi) is 8.21. The topological polar surface area (TPSA) is 90.6 Å². The molecule has 0 saturated heterocycles. The number of nitrogens with one attached hydrogen (secondary N) is 1. The Morgan fingerprint density at radius 1 is 1.16 bits per heavy atom. The molecule has 0 heterocycles. The summed E-state index contributed by atoms with van der Waals surface area (Å²) < 4.78 is 10.2. The molecule has 0 saturated carbocycles. The molecular formula is C18H36N2O4Si. The molecular weight excluding hydrogens is 336 g/mol. The first-order valence-corrected chi connectivity index (χ1v) is 11.7. The molecule has 0 aliphatic rings. The van der Waals surface area contributed by atoms with Crippen molar-refractivity contribution >= 4 is 20.3 Å². The summed E-state index contributed by atoms with van der Waals surface area (Å²) in [4.78, 5) is 23.0. The number of amides is 2. The first-order valence-electron chi connectivity index (χ1n) is 8.66. The van der Waals surface area contributed by atoms with E-state index in [1.54, 1.807) is 20.8 Å². The van der Waals surface area contributed by atoms with Crippen LogP contribution < -0.4 is 11.1 Å². The molecule has 0 spiro atoms. The summed E-state index contributed by atoms with van der Waals surface area (Å²) in [7, 11) is -1.59. The zero-order chi connectivity index (χ0) is 20.1. The van der Waals surface area contributed by atoms with E-state index in [2.05, 4.69) is 51.0 Å². The maximum absolute atomic E-state index is 12.1. The number of ether oxygens (including phenoxy) is 2.